The molecule has 2 N–H and O–H groups in total. The summed E-state index contributed by atoms with van der Waals surface area (Å²) in [6, 6.07) is 16.3. The minimum Gasteiger partial charge on any atom is -0.418 e. The second-order valence-electron chi connectivity index (χ2n) is 8.69. The summed E-state index contributed by atoms with van der Waals surface area (Å²) >= 11 is 0. The van der Waals surface area contributed by atoms with E-state index in [1.54, 1.807) is 0 Å². The number of anilines is 5. The zero-order valence-electron chi connectivity index (χ0n) is 20.5. The molecule has 1 aliphatic rings. The highest BCUT2D eigenvalue weighted by atomic mass is 16.4. The van der Waals surface area contributed by atoms with Gasteiger partial charge in [0.05, 0.1) is 6.20 Å². The van der Waals surface area contributed by atoms with E-state index in [9.17, 15) is 4.79 Å². The van der Waals surface area contributed by atoms with E-state index in [0.717, 1.165) is 43.0 Å². The maximum absolute atomic E-state index is 12.7. The van der Waals surface area contributed by atoms with Crippen LogP contribution in [0.2, 0.25) is 0 Å². The molecule has 36 heavy (non-hydrogen) atoms. The topological polar surface area (TPSA) is 112 Å². The summed E-state index contributed by atoms with van der Waals surface area (Å²) in [5.41, 5.74) is 3.92. The maximum atomic E-state index is 12.7. The van der Waals surface area contributed by atoms with Crippen molar-refractivity contribution >= 4 is 35.2 Å². The van der Waals surface area contributed by atoms with Crippen LogP contribution in [0.4, 0.5) is 29.3 Å². The third-order valence-electron chi connectivity index (χ3n) is 6.09. The smallest absolute Gasteiger partial charge is 0.302 e. The number of hydrogen-bond acceptors (Lipinski definition) is 9. The Morgan fingerprint density at radius 2 is 1.56 bits per heavy atom. The number of benzene rings is 2. The van der Waals surface area contributed by atoms with Crippen LogP contribution in [0.25, 0.3) is 0 Å². The number of carbonyl (C=O) groups is 1. The van der Waals surface area contributed by atoms with Crippen molar-refractivity contribution in [2.24, 2.45) is 0 Å². The Balaban J connectivity index is 1.25. The first-order valence-corrected chi connectivity index (χ1v) is 11.8. The van der Waals surface area contributed by atoms with Crippen LogP contribution in [-0.2, 0) is 0 Å². The molecule has 5 rings (SSSR count). The van der Waals surface area contributed by atoms with Gasteiger partial charge in [0, 0.05) is 37.6 Å². The molecule has 4 aromatic rings. The minimum atomic E-state index is -0.378. The number of oxazole rings is 1. The SMILES string of the molecule is Cc1nc(Nc2ncc(C(=O)Nc3c(C)cccc3C)o2)nc(N2CCN(c3ccccc3)CC2)n1. The Bertz CT molecular complexity index is 1340. The minimum absolute atomic E-state index is 0.0863. The average molecular weight is 485 g/mol. The first kappa shape index (κ1) is 23.3. The molecule has 184 valence electrons. The summed E-state index contributed by atoms with van der Waals surface area (Å²) in [5.74, 6) is 1.19. The van der Waals surface area contributed by atoms with Crippen LogP contribution in [0.1, 0.15) is 27.5 Å². The summed E-state index contributed by atoms with van der Waals surface area (Å²) in [6.45, 7) is 9.02. The molecule has 0 aliphatic carbocycles. The number of rotatable bonds is 6. The van der Waals surface area contributed by atoms with Gasteiger partial charge in [0.1, 0.15) is 5.82 Å². The second-order valence-corrected chi connectivity index (χ2v) is 8.69. The van der Waals surface area contributed by atoms with Crippen molar-refractivity contribution in [3.8, 4) is 0 Å². The number of nitrogens with zero attached hydrogens (tertiary/aromatic N) is 6. The second kappa shape index (κ2) is 10.0. The highest BCUT2D eigenvalue weighted by Gasteiger charge is 2.21. The lowest BCUT2D eigenvalue weighted by atomic mass is 10.1. The summed E-state index contributed by atoms with van der Waals surface area (Å²) < 4.78 is 5.63. The molecule has 10 nitrogen and oxygen atoms in total. The molecule has 0 atom stereocenters. The Hall–Kier alpha value is -4.47. The fraction of sp³-hybridized carbons (Fsp3) is 0.269. The fourth-order valence-electron chi connectivity index (χ4n) is 4.19. The molecule has 0 unspecified atom stereocenters. The van der Waals surface area contributed by atoms with Gasteiger partial charge in [-0.2, -0.15) is 15.0 Å². The average Bonchev–Trinajstić information content (AvgIpc) is 3.35. The van der Waals surface area contributed by atoms with Crippen LogP contribution in [0.5, 0.6) is 0 Å². The van der Waals surface area contributed by atoms with Crippen molar-refractivity contribution in [1.82, 2.24) is 19.9 Å². The monoisotopic (exact) mass is 484 g/mol. The van der Waals surface area contributed by atoms with Gasteiger partial charge >= 0.3 is 6.01 Å². The van der Waals surface area contributed by atoms with Gasteiger partial charge in [-0.05, 0) is 44.0 Å². The first-order chi connectivity index (χ1) is 17.5. The number of nitrogens with one attached hydrogen (secondary N) is 2. The zero-order chi connectivity index (χ0) is 25.1. The quantitative estimate of drug-likeness (QED) is 0.417. The molecule has 0 saturated carbocycles. The van der Waals surface area contributed by atoms with Crippen LogP contribution < -0.4 is 20.4 Å². The van der Waals surface area contributed by atoms with Gasteiger partial charge in [-0.25, -0.2) is 4.98 Å². The molecule has 1 fully saturated rings. The predicted octanol–water partition coefficient (Wildman–Crippen LogP) is 4.11. The summed E-state index contributed by atoms with van der Waals surface area (Å²) in [6.07, 6.45) is 1.38. The van der Waals surface area contributed by atoms with Gasteiger partial charge in [0.2, 0.25) is 17.7 Å². The lowest BCUT2D eigenvalue weighted by Gasteiger charge is -2.36. The Labute approximate surface area is 209 Å². The van der Waals surface area contributed by atoms with E-state index in [4.69, 9.17) is 4.42 Å². The van der Waals surface area contributed by atoms with Gasteiger partial charge in [0.25, 0.3) is 5.91 Å². The molecule has 3 heterocycles. The van der Waals surface area contributed by atoms with Crippen molar-refractivity contribution in [1.29, 1.82) is 0 Å². The van der Waals surface area contributed by atoms with Crippen molar-refractivity contribution < 1.29 is 9.21 Å². The Kier molecular flexibility index (Phi) is 6.48. The molecule has 0 bridgehead atoms. The standard InChI is InChI=1S/C26H28N8O2/c1-17-8-7-9-18(2)22(17)30-23(35)21-16-27-26(36-21)32-24-28-19(3)29-25(31-24)34-14-12-33(13-15-34)20-10-5-4-6-11-20/h4-11,16H,12-15H2,1-3H3,(H,30,35)(H,27,28,29,31,32). The molecule has 1 aliphatic heterocycles. The van der Waals surface area contributed by atoms with Gasteiger partial charge in [-0.1, -0.05) is 36.4 Å². The molecule has 0 radical (unpaired) electrons. The number of amides is 1. The normalized spacial score (nSPS) is 13.5. The van der Waals surface area contributed by atoms with Crippen LogP contribution in [-0.4, -0.2) is 52.0 Å². The zero-order valence-corrected chi connectivity index (χ0v) is 20.5. The van der Waals surface area contributed by atoms with Gasteiger partial charge in [-0.3, -0.25) is 10.1 Å². The van der Waals surface area contributed by atoms with Crippen molar-refractivity contribution in [2.45, 2.75) is 20.8 Å². The van der Waals surface area contributed by atoms with Crippen LogP contribution >= 0.6 is 0 Å². The molecule has 1 amide bonds. The predicted molar refractivity (Wildman–Crippen MR) is 139 cm³/mol. The van der Waals surface area contributed by atoms with Crippen molar-refractivity contribution in [3.63, 3.8) is 0 Å². The summed E-state index contributed by atoms with van der Waals surface area (Å²) in [5, 5.41) is 5.86. The fourth-order valence-corrected chi connectivity index (χ4v) is 4.19. The number of aromatic nitrogens is 4. The number of carbonyl (C=O) groups excluding carboxylic acids is 1. The van der Waals surface area contributed by atoms with Gasteiger partial charge in [-0.15, -0.1) is 0 Å². The van der Waals surface area contributed by atoms with E-state index >= 15 is 0 Å². The maximum Gasteiger partial charge on any atom is 0.302 e. The van der Waals surface area contributed by atoms with E-state index in [1.165, 1.54) is 11.9 Å². The highest BCUT2D eigenvalue weighted by Crippen LogP contribution is 2.22. The van der Waals surface area contributed by atoms with E-state index in [2.05, 4.69) is 64.6 Å². The molecular formula is C26H28N8O2. The van der Waals surface area contributed by atoms with E-state index in [0.29, 0.717) is 17.7 Å². The molecule has 2 aromatic carbocycles. The number of para-hydroxylation sites is 2. The Morgan fingerprint density at radius 3 is 2.28 bits per heavy atom. The van der Waals surface area contributed by atoms with E-state index < -0.39 is 0 Å². The third kappa shape index (κ3) is 5.12. The van der Waals surface area contributed by atoms with Gasteiger partial charge < -0.3 is 19.5 Å². The van der Waals surface area contributed by atoms with Gasteiger partial charge in [0.15, 0.2) is 0 Å². The number of piperazine rings is 1. The van der Waals surface area contributed by atoms with Crippen LogP contribution in [0.3, 0.4) is 0 Å². The Morgan fingerprint density at radius 1 is 0.861 bits per heavy atom. The van der Waals surface area contributed by atoms with Crippen molar-refractivity contribution in [3.05, 3.63) is 77.4 Å². The lowest BCUT2D eigenvalue weighted by molar-refractivity contribution is 0.0997. The number of hydrogen-bond donors (Lipinski definition) is 2. The third-order valence-corrected chi connectivity index (χ3v) is 6.09. The summed E-state index contributed by atoms with van der Waals surface area (Å²) in [7, 11) is 0. The molecule has 2 aromatic heterocycles. The van der Waals surface area contributed by atoms with Crippen LogP contribution in [0.15, 0.2) is 59.1 Å². The van der Waals surface area contributed by atoms with E-state index in [1.807, 2.05) is 45.0 Å². The van der Waals surface area contributed by atoms with Crippen LogP contribution in [0, 0.1) is 20.8 Å². The first-order valence-electron chi connectivity index (χ1n) is 11.8. The van der Waals surface area contributed by atoms with E-state index in [-0.39, 0.29) is 17.7 Å². The number of aryl methyl sites for hydroxylation is 3. The lowest BCUT2D eigenvalue weighted by Crippen LogP contribution is -2.47. The highest BCUT2D eigenvalue weighted by molar-refractivity contribution is 6.03. The largest absolute Gasteiger partial charge is 0.418 e. The molecule has 0 spiro atoms. The summed E-state index contributed by atoms with van der Waals surface area (Å²) in [4.78, 5) is 34.8. The van der Waals surface area contributed by atoms with Crippen molar-refractivity contribution in [2.75, 3.05) is 46.6 Å². The molecule has 1 saturated heterocycles. The molecular weight excluding hydrogens is 456 g/mol. The molecule has 10 heteroatoms.